The largest absolute Gasteiger partial charge is 0.480 e. The number of nitrogens with one attached hydrogen (secondary N) is 3. The van der Waals surface area contributed by atoms with Crippen LogP contribution >= 0.6 is 0 Å². The SMILES string of the molecule is CCC(=O)COCCOCCNC(=O)COCCOCCNC(=O)CC[C@H](NC(=O)CCCCCCCCCN=[N+]=[N-])C(=O)O. The second-order valence-electron chi connectivity index (χ2n) is 10.1. The van der Waals surface area contributed by atoms with E-state index in [1.165, 1.54) is 0 Å². The fraction of sp³-hybridized carbons (Fsp3) is 0.828. The molecule has 16 nitrogen and oxygen atoms in total. The predicted molar refractivity (Wildman–Crippen MR) is 164 cm³/mol. The van der Waals surface area contributed by atoms with Crippen LogP contribution in [0.1, 0.15) is 77.6 Å². The number of carboxylic acid groups (broad SMARTS) is 1. The minimum atomic E-state index is -1.19. The van der Waals surface area contributed by atoms with Crippen molar-refractivity contribution >= 4 is 29.5 Å². The number of carboxylic acids is 1. The Morgan fingerprint density at radius 2 is 1.27 bits per heavy atom. The summed E-state index contributed by atoms with van der Waals surface area (Å²) < 4.78 is 21.0. The van der Waals surface area contributed by atoms with E-state index < -0.39 is 12.0 Å². The van der Waals surface area contributed by atoms with Gasteiger partial charge in [-0.25, -0.2) is 4.79 Å². The van der Waals surface area contributed by atoms with Gasteiger partial charge in [0.25, 0.3) is 0 Å². The molecule has 3 amide bonds. The zero-order valence-corrected chi connectivity index (χ0v) is 26.6. The van der Waals surface area contributed by atoms with Gasteiger partial charge in [0.05, 0.1) is 39.6 Å². The number of azide groups is 1. The standard InChI is InChI=1S/C29H52N6O10/c1-2-24(36)22-44-20-18-43-17-15-32-28(39)23-45-21-19-42-16-14-31-26(37)12-11-25(29(40)41)34-27(38)10-8-6-4-3-5-7-9-13-33-35-30/h25H,2-23H2,1H3,(H,31,37)(H,32,39)(H,34,38)(H,40,41)/t25-/m0/s1. The van der Waals surface area contributed by atoms with Gasteiger partial charge in [0, 0.05) is 43.8 Å². The quantitative estimate of drug-likeness (QED) is 0.0360. The zero-order chi connectivity index (χ0) is 33.4. The van der Waals surface area contributed by atoms with Crippen molar-refractivity contribution in [3.05, 3.63) is 10.4 Å². The number of carbonyl (C=O) groups excluding carboxylic acids is 4. The Labute approximate surface area is 265 Å². The van der Waals surface area contributed by atoms with Crippen molar-refractivity contribution in [3.8, 4) is 0 Å². The lowest BCUT2D eigenvalue weighted by Gasteiger charge is -2.14. The van der Waals surface area contributed by atoms with Crippen molar-refractivity contribution in [2.24, 2.45) is 5.11 Å². The van der Waals surface area contributed by atoms with Gasteiger partial charge in [0.15, 0.2) is 5.78 Å². The summed E-state index contributed by atoms with van der Waals surface area (Å²) in [6, 6.07) is -1.14. The average Bonchev–Trinajstić information content (AvgIpc) is 3.02. The van der Waals surface area contributed by atoms with Crippen molar-refractivity contribution in [2.45, 2.75) is 83.6 Å². The molecule has 0 saturated carbocycles. The maximum atomic E-state index is 12.1. The molecule has 0 spiro atoms. The molecule has 0 bridgehead atoms. The number of ketones is 1. The fourth-order valence-electron chi connectivity index (χ4n) is 3.75. The molecule has 0 radical (unpaired) electrons. The predicted octanol–water partition coefficient (Wildman–Crippen LogP) is 2.05. The summed E-state index contributed by atoms with van der Waals surface area (Å²) in [6.07, 6.45) is 7.03. The molecule has 258 valence electrons. The van der Waals surface area contributed by atoms with Crippen LogP contribution in [0.4, 0.5) is 0 Å². The first kappa shape index (κ1) is 41.7. The molecule has 0 aromatic heterocycles. The van der Waals surface area contributed by atoms with Crippen LogP contribution in [-0.4, -0.2) is 113 Å². The van der Waals surface area contributed by atoms with Crippen LogP contribution < -0.4 is 16.0 Å². The maximum absolute atomic E-state index is 12.1. The van der Waals surface area contributed by atoms with E-state index in [0.29, 0.717) is 45.8 Å². The van der Waals surface area contributed by atoms with E-state index in [1.54, 1.807) is 6.92 Å². The van der Waals surface area contributed by atoms with Crippen LogP contribution in [0.5, 0.6) is 0 Å². The number of hydrogen-bond acceptors (Lipinski definition) is 10. The Morgan fingerprint density at radius 1 is 0.711 bits per heavy atom. The van der Waals surface area contributed by atoms with Crippen molar-refractivity contribution in [1.29, 1.82) is 0 Å². The van der Waals surface area contributed by atoms with Crippen molar-refractivity contribution in [3.63, 3.8) is 0 Å². The van der Waals surface area contributed by atoms with Crippen LogP contribution in [0.3, 0.4) is 0 Å². The van der Waals surface area contributed by atoms with Crippen LogP contribution in [0.25, 0.3) is 10.4 Å². The topological polar surface area (TPSA) is 227 Å². The van der Waals surface area contributed by atoms with Crippen molar-refractivity contribution < 1.29 is 48.0 Å². The third-order valence-corrected chi connectivity index (χ3v) is 6.29. The van der Waals surface area contributed by atoms with Gasteiger partial charge in [-0.05, 0) is 24.8 Å². The van der Waals surface area contributed by atoms with E-state index in [4.69, 9.17) is 24.5 Å². The van der Waals surface area contributed by atoms with Gasteiger partial charge in [0.1, 0.15) is 19.3 Å². The lowest BCUT2D eigenvalue weighted by Crippen LogP contribution is -2.41. The third-order valence-electron chi connectivity index (χ3n) is 6.29. The van der Waals surface area contributed by atoms with Crippen LogP contribution in [0.15, 0.2) is 5.11 Å². The van der Waals surface area contributed by atoms with Gasteiger partial charge in [0.2, 0.25) is 17.7 Å². The number of amides is 3. The smallest absolute Gasteiger partial charge is 0.326 e. The molecule has 0 heterocycles. The number of hydrogen-bond donors (Lipinski definition) is 4. The molecule has 16 heteroatoms. The van der Waals surface area contributed by atoms with Gasteiger partial charge in [-0.3, -0.25) is 19.2 Å². The van der Waals surface area contributed by atoms with E-state index in [1.807, 2.05) is 0 Å². The van der Waals surface area contributed by atoms with Crippen LogP contribution in [0, 0.1) is 0 Å². The lowest BCUT2D eigenvalue weighted by atomic mass is 10.1. The number of Topliss-reactive ketones (excluding diaryl/α,β-unsaturated/α-hetero) is 1. The molecule has 0 aliphatic carbocycles. The summed E-state index contributed by atoms with van der Waals surface area (Å²) >= 11 is 0. The monoisotopic (exact) mass is 644 g/mol. The minimum Gasteiger partial charge on any atom is -0.480 e. The van der Waals surface area contributed by atoms with E-state index in [-0.39, 0.29) is 82.3 Å². The summed E-state index contributed by atoms with van der Waals surface area (Å²) in [5.74, 6) is -2.15. The highest BCUT2D eigenvalue weighted by Gasteiger charge is 2.20. The summed E-state index contributed by atoms with van der Waals surface area (Å²) in [5.41, 5.74) is 8.23. The Balaban J connectivity index is 3.71. The van der Waals surface area contributed by atoms with Gasteiger partial charge >= 0.3 is 5.97 Å². The number of aliphatic carboxylic acids is 1. The molecule has 1 atom stereocenters. The first-order valence-corrected chi connectivity index (χ1v) is 15.7. The van der Waals surface area contributed by atoms with Crippen molar-refractivity contribution in [2.75, 3.05) is 72.5 Å². The number of nitrogens with zero attached hydrogens (tertiary/aromatic N) is 3. The first-order valence-electron chi connectivity index (χ1n) is 15.7. The molecule has 0 aromatic carbocycles. The summed E-state index contributed by atoms with van der Waals surface area (Å²) in [7, 11) is 0. The molecule has 4 N–H and O–H groups in total. The molecular formula is C29H52N6O10. The van der Waals surface area contributed by atoms with Gasteiger partial charge in [-0.15, -0.1) is 0 Å². The Hall–Kier alpha value is -3.30. The molecular weight excluding hydrogens is 592 g/mol. The number of carbonyl (C=O) groups is 5. The number of unbranched alkanes of at least 4 members (excludes halogenated alkanes) is 6. The van der Waals surface area contributed by atoms with Crippen molar-refractivity contribution in [1.82, 2.24) is 16.0 Å². The third kappa shape index (κ3) is 29.2. The number of ether oxygens (including phenoxy) is 4. The normalized spacial score (nSPS) is 11.3. The Bertz CT molecular complexity index is 886. The molecule has 0 aliphatic heterocycles. The highest BCUT2D eigenvalue weighted by Crippen LogP contribution is 2.09. The molecule has 0 saturated heterocycles. The maximum Gasteiger partial charge on any atom is 0.326 e. The average molecular weight is 645 g/mol. The highest BCUT2D eigenvalue weighted by molar-refractivity contribution is 5.84. The van der Waals surface area contributed by atoms with Gasteiger partial charge in [-0.1, -0.05) is 44.1 Å². The number of rotatable bonds is 32. The van der Waals surface area contributed by atoms with E-state index in [0.717, 1.165) is 38.5 Å². The van der Waals surface area contributed by atoms with E-state index >= 15 is 0 Å². The molecule has 0 fully saturated rings. The van der Waals surface area contributed by atoms with Gasteiger partial charge < -0.3 is 40.0 Å². The fourth-order valence-corrected chi connectivity index (χ4v) is 3.75. The molecule has 0 rings (SSSR count). The molecule has 0 aromatic rings. The van der Waals surface area contributed by atoms with E-state index in [9.17, 15) is 29.1 Å². The zero-order valence-electron chi connectivity index (χ0n) is 26.6. The molecule has 0 aliphatic rings. The lowest BCUT2D eigenvalue weighted by molar-refractivity contribution is -0.142. The second kappa shape index (κ2) is 30.7. The summed E-state index contributed by atoms with van der Waals surface area (Å²) in [5, 5.41) is 20.7. The first-order chi connectivity index (χ1) is 21.8. The summed E-state index contributed by atoms with van der Waals surface area (Å²) in [4.78, 5) is 61.2. The van der Waals surface area contributed by atoms with Crippen LogP contribution in [-0.2, 0) is 42.9 Å². The molecule has 45 heavy (non-hydrogen) atoms. The summed E-state index contributed by atoms with van der Waals surface area (Å²) in [6.45, 7) is 4.33. The van der Waals surface area contributed by atoms with Crippen LogP contribution in [0.2, 0.25) is 0 Å². The Morgan fingerprint density at radius 3 is 1.87 bits per heavy atom. The van der Waals surface area contributed by atoms with E-state index in [2.05, 4.69) is 26.0 Å². The minimum absolute atomic E-state index is 0.0265. The van der Waals surface area contributed by atoms with Gasteiger partial charge in [-0.2, -0.15) is 0 Å². The second-order valence-corrected chi connectivity index (χ2v) is 10.1. The Kier molecular flexibility index (Phi) is 28.5. The highest BCUT2D eigenvalue weighted by atomic mass is 16.5. The molecule has 0 unspecified atom stereocenters.